The average Bonchev–Trinajstić information content (AvgIpc) is 2.58. The number of carbonyl (C=O) groups excluding carboxylic acids is 1. The van der Waals surface area contributed by atoms with E-state index in [4.69, 9.17) is 0 Å². The Morgan fingerprint density at radius 3 is 2.88 bits per heavy atom. The first-order valence-corrected chi connectivity index (χ1v) is 5.83. The third-order valence-corrected chi connectivity index (χ3v) is 2.65. The van der Waals surface area contributed by atoms with Gasteiger partial charge in [-0.3, -0.25) is 4.79 Å². The lowest BCUT2D eigenvalue weighted by atomic mass is 10.2. The fourth-order valence-corrected chi connectivity index (χ4v) is 1.77. The standard InChI is InChI=1S/C11H14N3OP/c1-8-4-5-9-10(7-8)13-14(12-9)6-2-3-11(15)16/h4-5,7H,2-3,6,16H2,1H3. The molecule has 16 heavy (non-hydrogen) atoms. The van der Waals surface area contributed by atoms with Crippen LogP contribution in [-0.4, -0.2) is 20.5 Å². The summed E-state index contributed by atoms with van der Waals surface area (Å²) in [5.74, 6) is 0. The predicted octanol–water partition coefficient (Wildman–Crippen LogP) is 1.92. The summed E-state index contributed by atoms with van der Waals surface area (Å²) < 4.78 is 0. The minimum atomic E-state index is 0.132. The number of nitrogens with zero attached hydrogens (tertiary/aromatic N) is 3. The van der Waals surface area contributed by atoms with Gasteiger partial charge in [0.2, 0.25) is 0 Å². The average molecular weight is 235 g/mol. The van der Waals surface area contributed by atoms with Crippen molar-refractivity contribution in [3.8, 4) is 0 Å². The highest BCUT2D eigenvalue weighted by Crippen LogP contribution is 2.11. The van der Waals surface area contributed by atoms with Gasteiger partial charge in [0.15, 0.2) is 0 Å². The summed E-state index contributed by atoms with van der Waals surface area (Å²) in [4.78, 5) is 12.4. The fraction of sp³-hybridized carbons (Fsp3) is 0.364. The van der Waals surface area contributed by atoms with Gasteiger partial charge in [0, 0.05) is 6.42 Å². The number of hydrogen-bond acceptors (Lipinski definition) is 3. The number of rotatable bonds is 4. The van der Waals surface area contributed by atoms with Crippen LogP contribution in [0.5, 0.6) is 0 Å². The first-order chi connectivity index (χ1) is 7.65. The summed E-state index contributed by atoms with van der Waals surface area (Å²) in [6.45, 7) is 2.72. The molecular formula is C11H14N3OP. The highest BCUT2D eigenvalue weighted by atomic mass is 31.0. The van der Waals surface area contributed by atoms with Gasteiger partial charge in [-0.15, -0.1) is 0 Å². The number of fused-ring (bicyclic) bond motifs is 1. The van der Waals surface area contributed by atoms with Crippen molar-refractivity contribution < 1.29 is 4.79 Å². The monoisotopic (exact) mass is 235 g/mol. The van der Waals surface area contributed by atoms with Crippen LogP contribution in [0, 0.1) is 6.92 Å². The Morgan fingerprint density at radius 1 is 1.38 bits per heavy atom. The van der Waals surface area contributed by atoms with Crippen LogP contribution in [0.1, 0.15) is 18.4 Å². The molecule has 0 aliphatic heterocycles. The van der Waals surface area contributed by atoms with Crippen LogP contribution in [0.25, 0.3) is 11.0 Å². The van der Waals surface area contributed by atoms with E-state index in [2.05, 4.69) is 19.4 Å². The van der Waals surface area contributed by atoms with Crippen molar-refractivity contribution in [2.75, 3.05) is 0 Å². The highest BCUT2D eigenvalue weighted by Gasteiger charge is 2.02. The highest BCUT2D eigenvalue weighted by molar-refractivity contribution is 7.40. The molecule has 84 valence electrons. The molecule has 0 aliphatic rings. The van der Waals surface area contributed by atoms with Gasteiger partial charge in [-0.05, 0) is 31.0 Å². The number of benzene rings is 1. The van der Waals surface area contributed by atoms with E-state index in [1.165, 1.54) is 5.56 Å². The second kappa shape index (κ2) is 4.71. The Hall–Kier alpha value is -1.28. The zero-order valence-electron chi connectivity index (χ0n) is 9.18. The van der Waals surface area contributed by atoms with Crippen LogP contribution >= 0.6 is 9.24 Å². The maximum Gasteiger partial charge on any atom is 0.148 e. The normalized spacial score (nSPS) is 10.9. The zero-order valence-corrected chi connectivity index (χ0v) is 10.3. The van der Waals surface area contributed by atoms with E-state index in [9.17, 15) is 4.79 Å². The molecule has 1 heterocycles. The van der Waals surface area contributed by atoms with Crippen LogP contribution in [0.4, 0.5) is 0 Å². The summed E-state index contributed by atoms with van der Waals surface area (Å²) in [5, 5.41) is 8.70. The lowest BCUT2D eigenvalue weighted by Crippen LogP contribution is -2.03. The van der Waals surface area contributed by atoms with E-state index in [-0.39, 0.29) is 5.52 Å². The zero-order chi connectivity index (χ0) is 11.5. The van der Waals surface area contributed by atoms with Crippen molar-refractivity contribution in [2.24, 2.45) is 0 Å². The lowest BCUT2D eigenvalue weighted by molar-refractivity contribution is -0.111. The smallest absolute Gasteiger partial charge is 0.148 e. The van der Waals surface area contributed by atoms with Gasteiger partial charge in [-0.1, -0.05) is 15.3 Å². The molecule has 0 aliphatic carbocycles. The van der Waals surface area contributed by atoms with E-state index in [1.54, 1.807) is 4.80 Å². The summed E-state index contributed by atoms with van der Waals surface area (Å²) in [7, 11) is 2.18. The third kappa shape index (κ3) is 2.64. The van der Waals surface area contributed by atoms with Gasteiger partial charge >= 0.3 is 0 Å². The lowest BCUT2D eigenvalue weighted by Gasteiger charge is -1.96. The molecule has 1 aromatic carbocycles. The van der Waals surface area contributed by atoms with Gasteiger partial charge in [-0.2, -0.15) is 15.0 Å². The summed E-state index contributed by atoms with van der Waals surface area (Å²) in [6.07, 6.45) is 1.34. The molecule has 2 rings (SSSR count). The maximum absolute atomic E-state index is 10.8. The number of hydrogen-bond donors (Lipinski definition) is 0. The number of carbonyl (C=O) groups is 1. The van der Waals surface area contributed by atoms with Gasteiger partial charge in [0.05, 0.1) is 6.54 Å². The second-order valence-electron chi connectivity index (χ2n) is 3.86. The van der Waals surface area contributed by atoms with E-state index in [1.807, 2.05) is 25.1 Å². The number of aromatic nitrogens is 3. The molecule has 2 aromatic rings. The van der Waals surface area contributed by atoms with Crippen molar-refractivity contribution in [3.05, 3.63) is 23.8 Å². The Labute approximate surface area is 96.2 Å². The predicted molar refractivity (Wildman–Crippen MR) is 66.2 cm³/mol. The van der Waals surface area contributed by atoms with Crippen molar-refractivity contribution >= 4 is 25.8 Å². The van der Waals surface area contributed by atoms with E-state index >= 15 is 0 Å². The molecule has 0 radical (unpaired) electrons. The van der Waals surface area contributed by atoms with Crippen LogP contribution < -0.4 is 0 Å². The molecule has 4 nitrogen and oxygen atoms in total. The molecule has 0 bridgehead atoms. The van der Waals surface area contributed by atoms with E-state index in [0.29, 0.717) is 13.0 Å². The van der Waals surface area contributed by atoms with Crippen LogP contribution in [0.2, 0.25) is 0 Å². The molecule has 0 saturated heterocycles. The van der Waals surface area contributed by atoms with Crippen molar-refractivity contribution in [3.63, 3.8) is 0 Å². The molecule has 0 amide bonds. The van der Waals surface area contributed by atoms with Crippen LogP contribution in [0.3, 0.4) is 0 Å². The van der Waals surface area contributed by atoms with E-state index in [0.717, 1.165) is 17.5 Å². The summed E-state index contributed by atoms with van der Waals surface area (Å²) in [5.41, 5.74) is 3.13. The Morgan fingerprint density at radius 2 is 2.12 bits per heavy atom. The molecule has 0 spiro atoms. The first-order valence-electron chi connectivity index (χ1n) is 5.25. The molecule has 0 fully saturated rings. The molecule has 1 atom stereocenters. The fourth-order valence-electron chi connectivity index (χ4n) is 1.56. The van der Waals surface area contributed by atoms with Gasteiger partial charge in [0.25, 0.3) is 0 Å². The van der Waals surface area contributed by atoms with Crippen LogP contribution in [-0.2, 0) is 11.3 Å². The Bertz CT molecular complexity index is 521. The Balaban J connectivity index is 2.10. The molecule has 1 unspecified atom stereocenters. The molecule has 0 N–H and O–H groups in total. The summed E-state index contributed by atoms with van der Waals surface area (Å²) >= 11 is 0. The van der Waals surface area contributed by atoms with Crippen LogP contribution in [0.15, 0.2) is 18.2 Å². The minimum absolute atomic E-state index is 0.132. The summed E-state index contributed by atoms with van der Waals surface area (Å²) in [6, 6.07) is 6.00. The second-order valence-corrected chi connectivity index (χ2v) is 4.50. The molecule has 0 saturated carbocycles. The quantitative estimate of drug-likeness (QED) is 0.761. The maximum atomic E-state index is 10.8. The third-order valence-electron chi connectivity index (χ3n) is 2.36. The topological polar surface area (TPSA) is 47.8 Å². The number of aryl methyl sites for hydroxylation is 2. The molecule has 5 heteroatoms. The van der Waals surface area contributed by atoms with Crippen molar-refractivity contribution in [1.29, 1.82) is 0 Å². The van der Waals surface area contributed by atoms with Crippen molar-refractivity contribution in [2.45, 2.75) is 26.3 Å². The SMILES string of the molecule is Cc1ccc2nn(CCCC(=O)P)nc2c1. The minimum Gasteiger partial charge on any atom is -0.295 e. The van der Waals surface area contributed by atoms with Gasteiger partial charge in [-0.25, -0.2) is 0 Å². The van der Waals surface area contributed by atoms with Gasteiger partial charge < -0.3 is 0 Å². The first kappa shape index (κ1) is 11.2. The van der Waals surface area contributed by atoms with Crippen molar-refractivity contribution in [1.82, 2.24) is 15.0 Å². The van der Waals surface area contributed by atoms with Gasteiger partial charge in [0.1, 0.15) is 16.6 Å². The molecule has 1 aromatic heterocycles. The largest absolute Gasteiger partial charge is 0.295 e. The van der Waals surface area contributed by atoms with E-state index < -0.39 is 0 Å². The molecular weight excluding hydrogens is 221 g/mol. The Kier molecular flexibility index (Phi) is 3.30.